The maximum atomic E-state index is 11.6. The fourth-order valence-corrected chi connectivity index (χ4v) is 1.48. The highest BCUT2D eigenvalue weighted by Crippen LogP contribution is 2.24. The van der Waals surface area contributed by atoms with Crippen LogP contribution in [0, 0.1) is 5.92 Å². The molecule has 0 bridgehead atoms. The number of benzene rings is 1. The summed E-state index contributed by atoms with van der Waals surface area (Å²) in [6, 6.07) is 7.68. The first kappa shape index (κ1) is 12.6. The van der Waals surface area contributed by atoms with Crippen LogP contribution in [-0.4, -0.2) is 13.0 Å². The van der Waals surface area contributed by atoms with Crippen LogP contribution in [0.3, 0.4) is 0 Å². The van der Waals surface area contributed by atoms with Gasteiger partial charge in [-0.1, -0.05) is 32.0 Å². The summed E-state index contributed by atoms with van der Waals surface area (Å²) < 4.78 is 5.26. The maximum absolute atomic E-state index is 11.6. The molecule has 0 aliphatic heterocycles. The van der Waals surface area contributed by atoms with Crippen molar-refractivity contribution in [2.24, 2.45) is 5.92 Å². The van der Waals surface area contributed by atoms with Gasteiger partial charge in [-0.05, 0) is 13.0 Å². The lowest BCUT2D eigenvalue weighted by atomic mass is 10.1. The Labute approximate surface area is 96.8 Å². The summed E-state index contributed by atoms with van der Waals surface area (Å²) in [4.78, 5) is 11.6. The predicted octanol–water partition coefficient (Wildman–Crippen LogP) is 2.53. The molecule has 3 heteroatoms. The van der Waals surface area contributed by atoms with Crippen LogP contribution < -0.4 is 10.1 Å². The Morgan fingerprint density at radius 2 is 1.88 bits per heavy atom. The van der Waals surface area contributed by atoms with Gasteiger partial charge in [-0.15, -0.1) is 0 Å². The van der Waals surface area contributed by atoms with Gasteiger partial charge in [0.25, 0.3) is 0 Å². The van der Waals surface area contributed by atoms with Crippen molar-refractivity contribution >= 4 is 5.91 Å². The number of methoxy groups -OCH3 is 1. The van der Waals surface area contributed by atoms with Gasteiger partial charge in [0.2, 0.25) is 5.91 Å². The third kappa shape index (κ3) is 2.99. The molecule has 0 radical (unpaired) electrons. The minimum absolute atomic E-state index is 0.00263. The number of ether oxygens (including phenoxy) is 1. The number of carbonyl (C=O) groups is 1. The fraction of sp³-hybridized carbons (Fsp3) is 0.462. The van der Waals surface area contributed by atoms with E-state index in [1.165, 1.54) is 0 Å². The van der Waals surface area contributed by atoms with Gasteiger partial charge in [0.05, 0.1) is 13.2 Å². The van der Waals surface area contributed by atoms with Crippen molar-refractivity contribution in [3.63, 3.8) is 0 Å². The second-order valence-electron chi connectivity index (χ2n) is 4.13. The van der Waals surface area contributed by atoms with E-state index in [1.54, 1.807) is 7.11 Å². The van der Waals surface area contributed by atoms with Crippen LogP contribution >= 0.6 is 0 Å². The summed E-state index contributed by atoms with van der Waals surface area (Å²) >= 11 is 0. The monoisotopic (exact) mass is 221 g/mol. The highest BCUT2D eigenvalue weighted by molar-refractivity contribution is 5.78. The number of hydrogen-bond donors (Lipinski definition) is 1. The van der Waals surface area contributed by atoms with E-state index < -0.39 is 0 Å². The van der Waals surface area contributed by atoms with Gasteiger partial charge in [-0.25, -0.2) is 0 Å². The molecule has 0 saturated heterocycles. The van der Waals surface area contributed by atoms with Gasteiger partial charge in [0, 0.05) is 11.5 Å². The summed E-state index contributed by atoms with van der Waals surface area (Å²) in [7, 11) is 1.63. The zero-order valence-corrected chi connectivity index (χ0v) is 10.3. The summed E-state index contributed by atoms with van der Waals surface area (Å²) in [6.45, 7) is 5.71. The molecule has 1 aromatic rings. The lowest BCUT2D eigenvalue weighted by molar-refractivity contribution is -0.124. The molecule has 1 rings (SSSR count). The van der Waals surface area contributed by atoms with E-state index in [4.69, 9.17) is 4.74 Å². The fourth-order valence-electron chi connectivity index (χ4n) is 1.48. The Morgan fingerprint density at radius 3 is 2.44 bits per heavy atom. The van der Waals surface area contributed by atoms with Crippen molar-refractivity contribution < 1.29 is 9.53 Å². The van der Waals surface area contributed by atoms with E-state index in [2.05, 4.69) is 5.32 Å². The minimum atomic E-state index is -0.0361. The standard InChI is InChI=1S/C13H19NO2/c1-9(2)13(15)14-10(3)11-7-5-6-8-12(11)16-4/h5-10H,1-4H3,(H,14,15). The highest BCUT2D eigenvalue weighted by Gasteiger charge is 2.14. The van der Waals surface area contributed by atoms with Crippen LogP contribution in [0.1, 0.15) is 32.4 Å². The average Bonchev–Trinajstić information content (AvgIpc) is 2.28. The molecule has 1 aromatic carbocycles. The largest absolute Gasteiger partial charge is 0.496 e. The van der Waals surface area contributed by atoms with Crippen LogP contribution in [0.2, 0.25) is 0 Å². The molecule has 3 nitrogen and oxygen atoms in total. The SMILES string of the molecule is COc1ccccc1C(C)NC(=O)C(C)C. The van der Waals surface area contributed by atoms with Gasteiger partial charge < -0.3 is 10.1 Å². The van der Waals surface area contributed by atoms with E-state index in [-0.39, 0.29) is 17.9 Å². The van der Waals surface area contributed by atoms with Crippen molar-refractivity contribution in [3.05, 3.63) is 29.8 Å². The maximum Gasteiger partial charge on any atom is 0.223 e. The molecule has 0 heterocycles. The Morgan fingerprint density at radius 1 is 1.25 bits per heavy atom. The van der Waals surface area contributed by atoms with Crippen molar-refractivity contribution in [3.8, 4) is 5.75 Å². The highest BCUT2D eigenvalue weighted by atomic mass is 16.5. The minimum Gasteiger partial charge on any atom is -0.496 e. The third-order valence-corrected chi connectivity index (χ3v) is 2.49. The normalized spacial score (nSPS) is 12.3. The lowest BCUT2D eigenvalue weighted by Gasteiger charge is -2.18. The molecule has 0 aromatic heterocycles. The van der Waals surface area contributed by atoms with Crippen LogP contribution in [0.5, 0.6) is 5.75 Å². The number of hydrogen-bond acceptors (Lipinski definition) is 2. The molecule has 0 fully saturated rings. The van der Waals surface area contributed by atoms with Crippen molar-refractivity contribution in [1.82, 2.24) is 5.32 Å². The summed E-state index contributed by atoms with van der Waals surface area (Å²) in [5.74, 6) is 0.856. The molecule has 0 aliphatic carbocycles. The topological polar surface area (TPSA) is 38.3 Å². The van der Waals surface area contributed by atoms with Gasteiger partial charge in [0.1, 0.15) is 5.75 Å². The van der Waals surface area contributed by atoms with E-state index in [0.717, 1.165) is 11.3 Å². The first-order valence-corrected chi connectivity index (χ1v) is 5.49. The van der Waals surface area contributed by atoms with Crippen LogP contribution in [-0.2, 0) is 4.79 Å². The molecule has 16 heavy (non-hydrogen) atoms. The van der Waals surface area contributed by atoms with E-state index >= 15 is 0 Å². The van der Waals surface area contributed by atoms with E-state index in [0.29, 0.717) is 0 Å². The molecule has 1 amide bonds. The second-order valence-corrected chi connectivity index (χ2v) is 4.13. The number of carbonyl (C=O) groups excluding carboxylic acids is 1. The van der Waals surface area contributed by atoms with Crippen molar-refractivity contribution in [2.75, 3.05) is 7.11 Å². The molecule has 0 spiro atoms. The Hall–Kier alpha value is -1.51. The predicted molar refractivity (Wildman–Crippen MR) is 64.4 cm³/mol. The number of nitrogens with one attached hydrogen (secondary N) is 1. The zero-order valence-electron chi connectivity index (χ0n) is 10.3. The van der Waals surface area contributed by atoms with E-state index in [1.807, 2.05) is 45.0 Å². The third-order valence-electron chi connectivity index (χ3n) is 2.49. The second kappa shape index (κ2) is 5.54. The van der Waals surface area contributed by atoms with E-state index in [9.17, 15) is 4.79 Å². The number of para-hydroxylation sites is 1. The number of rotatable bonds is 4. The quantitative estimate of drug-likeness (QED) is 0.848. The lowest BCUT2D eigenvalue weighted by Crippen LogP contribution is -2.30. The van der Waals surface area contributed by atoms with Gasteiger partial charge >= 0.3 is 0 Å². The van der Waals surface area contributed by atoms with Crippen LogP contribution in [0.4, 0.5) is 0 Å². The zero-order chi connectivity index (χ0) is 12.1. The Kier molecular flexibility index (Phi) is 4.35. The molecule has 0 saturated carbocycles. The molecule has 1 atom stereocenters. The Balaban J connectivity index is 2.80. The van der Waals surface area contributed by atoms with Gasteiger partial charge in [-0.3, -0.25) is 4.79 Å². The molecular weight excluding hydrogens is 202 g/mol. The van der Waals surface area contributed by atoms with Crippen molar-refractivity contribution in [2.45, 2.75) is 26.8 Å². The average molecular weight is 221 g/mol. The Bertz CT molecular complexity index is 361. The molecule has 1 N–H and O–H groups in total. The first-order valence-electron chi connectivity index (χ1n) is 5.49. The molecule has 0 aliphatic rings. The molecule has 1 unspecified atom stereocenters. The van der Waals surface area contributed by atoms with Crippen LogP contribution in [0.25, 0.3) is 0 Å². The smallest absolute Gasteiger partial charge is 0.223 e. The molecule has 88 valence electrons. The van der Waals surface area contributed by atoms with Crippen LogP contribution in [0.15, 0.2) is 24.3 Å². The summed E-state index contributed by atoms with van der Waals surface area (Å²) in [6.07, 6.45) is 0. The summed E-state index contributed by atoms with van der Waals surface area (Å²) in [5.41, 5.74) is 0.999. The molecular formula is C13H19NO2. The van der Waals surface area contributed by atoms with Gasteiger partial charge in [0.15, 0.2) is 0 Å². The number of amides is 1. The summed E-state index contributed by atoms with van der Waals surface area (Å²) in [5, 5.41) is 2.95. The van der Waals surface area contributed by atoms with Crippen molar-refractivity contribution in [1.29, 1.82) is 0 Å². The first-order chi connectivity index (χ1) is 7.56. The van der Waals surface area contributed by atoms with Gasteiger partial charge in [-0.2, -0.15) is 0 Å².